The highest BCUT2D eigenvalue weighted by molar-refractivity contribution is 5.16. The molecule has 0 saturated carbocycles. The zero-order valence-electron chi connectivity index (χ0n) is 8.97. The second-order valence-corrected chi connectivity index (χ2v) is 3.62. The second kappa shape index (κ2) is 4.31. The summed E-state index contributed by atoms with van der Waals surface area (Å²) in [7, 11) is 3.88. The van der Waals surface area contributed by atoms with Gasteiger partial charge in [-0.25, -0.2) is 0 Å². The van der Waals surface area contributed by atoms with E-state index < -0.39 is 0 Å². The fraction of sp³-hybridized carbons (Fsp3) is 0.364. The van der Waals surface area contributed by atoms with Crippen LogP contribution < -0.4 is 5.32 Å². The van der Waals surface area contributed by atoms with Crippen LogP contribution in [0.5, 0.6) is 0 Å². The number of likely N-dealkylation sites (N-methyl/N-ethyl adjacent to an activating group) is 1. The molecular formula is C11H15N3O. The van der Waals surface area contributed by atoms with Crippen LogP contribution in [-0.2, 0) is 13.5 Å². The van der Waals surface area contributed by atoms with E-state index in [1.807, 2.05) is 37.2 Å². The van der Waals surface area contributed by atoms with Crippen molar-refractivity contribution < 1.29 is 4.42 Å². The number of hydrogen-bond acceptors (Lipinski definition) is 3. The van der Waals surface area contributed by atoms with E-state index >= 15 is 0 Å². The lowest BCUT2D eigenvalue weighted by Crippen LogP contribution is -2.17. The highest BCUT2D eigenvalue weighted by atomic mass is 16.3. The van der Waals surface area contributed by atoms with Crippen molar-refractivity contribution in [1.29, 1.82) is 0 Å². The Hall–Kier alpha value is -1.55. The Morgan fingerprint density at radius 2 is 2.47 bits per heavy atom. The van der Waals surface area contributed by atoms with Gasteiger partial charge in [0.25, 0.3) is 0 Å². The van der Waals surface area contributed by atoms with Crippen LogP contribution in [0, 0.1) is 0 Å². The first-order chi connectivity index (χ1) is 7.29. The SMILES string of the molecule is CNC(Cc1cnn(C)c1)c1ccoc1. The first-order valence-electron chi connectivity index (χ1n) is 4.96. The number of rotatable bonds is 4. The predicted molar refractivity (Wildman–Crippen MR) is 57.4 cm³/mol. The van der Waals surface area contributed by atoms with Gasteiger partial charge in [0.15, 0.2) is 0 Å². The van der Waals surface area contributed by atoms with Gasteiger partial charge in [-0.2, -0.15) is 5.10 Å². The van der Waals surface area contributed by atoms with Crippen molar-refractivity contribution in [3.8, 4) is 0 Å². The van der Waals surface area contributed by atoms with Crippen LogP contribution in [0.1, 0.15) is 17.2 Å². The van der Waals surface area contributed by atoms with Gasteiger partial charge in [-0.3, -0.25) is 4.68 Å². The zero-order chi connectivity index (χ0) is 10.7. The van der Waals surface area contributed by atoms with Gasteiger partial charge in [0.05, 0.1) is 18.7 Å². The molecule has 2 rings (SSSR count). The van der Waals surface area contributed by atoms with Crippen LogP contribution in [0.15, 0.2) is 35.4 Å². The van der Waals surface area contributed by atoms with Gasteiger partial charge in [0, 0.05) is 24.8 Å². The van der Waals surface area contributed by atoms with Crippen molar-refractivity contribution in [2.45, 2.75) is 12.5 Å². The minimum Gasteiger partial charge on any atom is -0.472 e. The minimum atomic E-state index is 0.285. The molecule has 0 bridgehead atoms. The summed E-state index contributed by atoms with van der Waals surface area (Å²) in [6.45, 7) is 0. The number of hydrogen-bond donors (Lipinski definition) is 1. The lowest BCUT2D eigenvalue weighted by Gasteiger charge is -2.12. The van der Waals surface area contributed by atoms with Gasteiger partial charge in [-0.1, -0.05) is 0 Å². The molecular weight excluding hydrogens is 190 g/mol. The van der Waals surface area contributed by atoms with Gasteiger partial charge >= 0.3 is 0 Å². The lowest BCUT2D eigenvalue weighted by molar-refractivity contribution is 0.542. The molecule has 1 N–H and O–H groups in total. The van der Waals surface area contributed by atoms with Crippen LogP contribution in [0.3, 0.4) is 0 Å². The minimum absolute atomic E-state index is 0.285. The largest absolute Gasteiger partial charge is 0.472 e. The molecule has 0 spiro atoms. The molecule has 0 fully saturated rings. The maximum Gasteiger partial charge on any atom is 0.0950 e. The molecule has 2 heterocycles. The van der Waals surface area contributed by atoms with Gasteiger partial charge in [-0.15, -0.1) is 0 Å². The number of aryl methyl sites for hydroxylation is 1. The monoisotopic (exact) mass is 205 g/mol. The standard InChI is InChI=1S/C11H15N3O/c1-12-11(10-3-4-15-8-10)5-9-6-13-14(2)7-9/h3-4,6-8,11-12H,5H2,1-2H3. The van der Waals surface area contributed by atoms with Gasteiger partial charge in [0.2, 0.25) is 0 Å². The molecule has 2 aromatic rings. The van der Waals surface area contributed by atoms with E-state index in [0.717, 1.165) is 6.42 Å². The summed E-state index contributed by atoms with van der Waals surface area (Å²) < 4.78 is 6.90. The van der Waals surface area contributed by atoms with Crippen molar-refractivity contribution in [3.63, 3.8) is 0 Å². The van der Waals surface area contributed by atoms with Crippen molar-refractivity contribution in [2.75, 3.05) is 7.05 Å². The third-order valence-corrected chi connectivity index (χ3v) is 2.49. The van der Waals surface area contributed by atoms with Crippen LogP contribution in [0.4, 0.5) is 0 Å². The smallest absolute Gasteiger partial charge is 0.0950 e. The Morgan fingerprint density at radius 1 is 1.60 bits per heavy atom. The summed E-state index contributed by atoms with van der Waals surface area (Å²) in [5.74, 6) is 0. The summed E-state index contributed by atoms with van der Waals surface area (Å²) in [6.07, 6.45) is 8.32. The Balaban J connectivity index is 2.09. The number of nitrogens with zero attached hydrogens (tertiary/aromatic N) is 2. The summed E-state index contributed by atoms with van der Waals surface area (Å²) in [4.78, 5) is 0. The number of aromatic nitrogens is 2. The molecule has 4 nitrogen and oxygen atoms in total. The summed E-state index contributed by atoms with van der Waals surface area (Å²) >= 11 is 0. The fourth-order valence-electron chi connectivity index (χ4n) is 1.67. The number of nitrogens with one attached hydrogen (secondary N) is 1. The average molecular weight is 205 g/mol. The average Bonchev–Trinajstić information content (AvgIpc) is 2.85. The van der Waals surface area contributed by atoms with Gasteiger partial charge in [-0.05, 0) is 25.1 Å². The molecule has 1 unspecified atom stereocenters. The molecule has 80 valence electrons. The molecule has 2 aromatic heterocycles. The highest BCUT2D eigenvalue weighted by Gasteiger charge is 2.11. The van der Waals surface area contributed by atoms with Gasteiger partial charge in [0.1, 0.15) is 0 Å². The summed E-state index contributed by atoms with van der Waals surface area (Å²) in [5.41, 5.74) is 2.39. The van der Waals surface area contributed by atoms with Crippen molar-refractivity contribution in [2.24, 2.45) is 7.05 Å². The number of furan rings is 1. The van der Waals surface area contributed by atoms with E-state index in [-0.39, 0.29) is 6.04 Å². The third kappa shape index (κ3) is 2.27. The first kappa shape index (κ1) is 9.98. The van der Waals surface area contributed by atoms with Crippen molar-refractivity contribution in [1.82, 2.24) is 15.1 Å². The van der Waals surface area contributed by atoms with Crippen molar-refractivity contribution in [3.05, 3.63) is 42.1 Å². The Bertz CT molecular complexity index is 405. The second-order valence-electron chi connectivity index (χ2n) is 3.62. The first-order valence-corrected chi connectivity index (χ1v) is 4.96. The molecule has 0 aliphatic rings. The fourth-order valence-corrected chi connectivity index (χ4v) is 1.67. The molecule has 0 aliphatic heterocycles. The maximum absolute atomic E-state index is 5.08. The van der Waals surface area contributed by atoms with E-state index in [0.29, 0.717) is 0 Å². The van der Waals surface area contributed by atoms with Crippen LogP contribution in [-0.4, -0.2) is 16.8 Å². The molecule has 1 atom stereocenters. The van der Waals surface area contributed by atoms with E-state index in [9.17, 15) is 0 Å². The van der Waals surface area contributed by atoms with Crippen LogP contribution in [0.2, 0.25) is 0 Å². The maximum atomic E-state index is 5.08. The summed E-state index contributed by atoms with van der Waals surface area (Å²) in [5, 5.41) is 7.42. The lowest BCUT2D eigenvalue weighted by atomic mass is 10.0. The zero-order valence-corrected chi connectivity index (χ0v) is 8.97. The van der Waals surface area contributed by atoms with E-state index in [1.165, 1.54) is 11.1 Å². The van der Waals surface area contributed by atoms with Crippen molar-refractivity contribution >= 4 is 0 Å². The quantitative estimate of drug-likeness (QED) is 0.822. The Labute approximate surface area is 88.9 Å². The Morgan fingerprint density at radius 3 is 3.00 bits per heavy atom. The Kier molecular flexibility index (Phi) is 2.87. The van der Waals surface area contributed by atoms with Crippen LogP contribution in [0.25, 0.3) is 0 Å². The molecule has 15 heavy (non-hydrogen) atoms. The normalized spacial score (nSPS) is 12.9. The molecule has 0 saturated heterocycles. The molecule has 0 radical (unpaired) electrons. The molecule has 0 aliphatic carbocycles. The molecule has 0 aromatic carbocycles. The third-order valence-electron chi connectivity index (χ3n) is 2.49. The van der Waals surface area contributed by atoms with Gasteiger partial charge < -0.3 is 9.73 Å². The summed E-state index contributed by atoms with van der Waals surface area (Å²) in [6, 6.07) is 2.27. The topological polar surface area (TPSA) is 43.0 Å². The van der Waals surface area contributed by atoms with Crippen LogP contribution >= 0.6 is 0 Å². The van der Waals surface area contributed by atoms with E-state index in [4.69, 9.17) is 4.42 Å². The molecule has 4 heteroatoms. The predicted octanol–water partition coefficient (Wildman–Crippen LogP) is 1.52. The molecule has 0 amide bonds. The highest BCUT2D eigenvalue weighted by Crippen LogP contribution is 2.17. The van der Waals surface area contributed by atoms with E-state index in [1.54, 1.807) is 12.5 Å². The van der Waals surface area contributed by atoms with E-state index in [2.05, 4.69) is 10.4 Å².